The van der Waals surface area contributed by atoms with Crippen molar-refractivity contribution in [2.75, 3.05) is 26.7 Å². The second kappa shape index (κ2) is 27.0. The van der Waals surface area contributed by atoms with Crippen LogP contribution in [-0.4, -0.2) is 129 Å². The second-order valence-corrected chi connectivity index (χ2v) is 15.5. The summed E-state index contributed by atoms with van der Waals surface area (Å²) < 4.78 is 38.3. The first-order chi connectivity index (χ1) is 27.8. The average molecular weight is 910 g/mol. The summed E-state index contributed by atoms with van der Waals surface area (Å²) in [7, 11) is -3.37. The van der Waals surface area contributed by atoms with Crippen LogP contribution < -0.4 is 40.6 Å². The van der Waals surface area contributed by atoms with E-state index in [0.29, 0.717) is 38.1 Å². The molecule has 4 fully saturated rings. The third kappa shape index (κ3) is 16.6. The Labute approximate surface area is 380 Å². The number of nitrogens with zero attached hydrogens (tertiary/aromatic N) is 4. The first kappa shape index (κ1) is 56.8. The predicted molar refractivity (Wildman–Crippen MR) is 207 cm³/mol. The second-order valence-electron chi connectivity index (χ2n) is 13.9. The van der Waals surface area contributed by atoms with Crippen LogP contribution >= 0.6 is 0 Å². The fourth-order valence-corrected chi connectivity index (χ4v) is 7.45. The van der Waals surface area contributed by atoms with Gasteiger partial charge in [-0.15, -0.1) is 5.06 Å². The van der Waals surface area contributed by atoms with Crippen LogP contribution in [0.5, 0.6) is 0 Å². The van der Waals surface area contributed by atoms with E-state index in [2.05, 4.69) is 17.7 Å². The summed E-state index contributed by atoms with van der Waals surface area (Å²) >= 11 is 3.33. The van der Waals surface area contributed by atoms with Crippen molar-refractivity contribution in [2.24, 2.45) is 29.4 Å². The number of hydrogen-bond acceptors (Lipinski definition) is 18. The monoisotopic (exact) mass is 909 g/mol. The molecule has 6 aliphatic rings. The topological polar surface area (TPSA) is 332 Å². The Morgan fingerprint density at radius 3 is 1.44 bits per heavy atom. The van der Waals surface area contributed by atoms with Gasteiger partial charge in [-0.25, -0.2) is 18.0 Å². The number of hydroxylamine groups is 4. The standard InChI is InChI=1S/C16H18N2O9S.C13H18N2O3.C4H5NO3.C2H7N.CH4.HNS.Na/c19-12-5-6-13(20)17(12)8-9-1-3-10(4-2-9)16(23)27-18-14(21)7-11(15(18)22)28(24,25)26;1-14-13(18)10-4-2-9(3-5-10)8-15-11(16)6-7-12(15)17;6-3-1-2-4(7)5(3)8;1-2-3;;1-2;/h5-6,9-11H,1-4,7-8H2,(H,24,25,26);6-7,9-10H,2-5,8H2,1H3,(H,14,18);8H,1-2H2;2-3H2,1H3;1H4;1H;/q;;;;;;+1/p-1. The van der Waals surface area contributed by atoms with E-state index in [4.69, 9.17) is 20.6 Å². The van der Waals surface area contributed by atoms with Crippen molar-refractivity contribution in [1.29, 1.82) is 4.78 Å². The van der Waals surface area contributed by atoms with Gasteiger partial charge in [-0.05, 0) is 69.7 Å². The number of amides is 9. The van der Waals surface area contributed by atoms with Gasteiger partial charge in [-0.2, -0.15) is 5.06 Å². The summed E-state index contributed by atoms with van der Waals surface area (Å²) in [4.78, 5) is 121. The number of hydrogen-bond donors (Lipinski definition) is 4. The van der Waals surface area contributed by atoms with Crippen molar-refractivity contribution < 1.29 is 101 Å². The largest absolute Gasteiger partial charge is 1.00 e. The molecule has 1 atom stereocenters. The van der Waals surface area contributed by atoms with Crippen LogP contribution in [0.3, 0.4) is 0 Å². The summed E-state index contributed by atoms with van der Waals surface area (Å²) in [6.45, 7) is 3.39. The van der Waals surface area contributed by atoms with E-state index in [0.717, 1.165) is 37.1 Å². The van der Waals surface area contributed by atoms with Gasteiger partial charge in [0.15, 0.2) is 0 Å². The maximum absolute atomic E-state index is 12.2. The zero-order chi connectivity index (χ0) is 44.6. The van der Waals surface area contributed by atoms with E-state index >= 15 is 0 Å². The van der Waals surface area contributed by atoms with Crippen molar-refractivity contribution in [3.05, 3.63) is 24.3 Å². The van der Waals surface area contributed by atoms with E-state index in [-0.39, 0.29) is 108 Å². The minimum absolute atomic E-state index is 0. The Balaban J connectivity index is 0.000000932. The first-order valence-corrected chi connectivity index (χ1v) is 20.5. The third-order valence-corrected chi connectivity index (χ3v) is 11.0. The molecule has 5 N–H and O–H groups in total. The molecule has 4 aliphatic heterocycles. The Morgan fingerprint density at radius 1 is 0.787 bits per heavy atom. The number of rotatable bonds is 8. The number of nitrogens with one attached hydrogen (secondary N) is 2. The molecule has 61 heavy (non-hydrogen) atoms. The number of nitrogens with two attached hydrogens (primary N) is 1. The smallest absolute Gasteiger partial charge is 0.747 e. The van der Waals surface area contributed by atoms with Crippen LogP contribution in [0.25, 0.3) is 0 Å². The summed E-state index contributed by atoms with van der Waals surface area (Å²) in [5, 5.41) is 9.22. The summed E-state index contributed by atoms with van der Waals surface area (Å²) in [5.41, 5.74) is 4.85. The van der Waals surface area contributed by atoms with Crippen LogP contribution in [0.15, 0.2) is 24.3 Å². The Kier molecular flexibility index (Phi) is 25.2. The van der Waals surface area contributed by atoms with Crippen LogP contribution in [0.1, 0.15) is 85.0 Å². The minimum atomic E-state index is -5.02. The SMILES string of the molecule is C.CCN.CNC(=O)C1CCC(CN2C(=O)C=CC2=O)CC1.N=S.O=C(ON1C(=O)CC(S(=O)(=O)[O-])C1=O)C1CCC(CN2C(=O)C=CC2=O)CC1.O=C1CCC(=O)N1O.[Na+]. The first-order valence-electron chi connectivity index (χ1n) is 18.6. The molecule has 0 aromatic carbocycles. The molecule has 2 saturated heterocycles. The molecule has 0 radical (unpaired) electrons. The van der Waals surface area contributed by atoms with Gasteiger partial charge < -0.3 is 20.4 Å². The Hall–Kier alpha value is -4.17. The van der Waals surface area contributed by atoms with E-state index < -0.39 is 57.3 Å². The molecule has 25 heteroatoms. The Morgan fingerprint density at radius 2 is 1.15 bits per heavy atom. The molecule has 1 unspecified atom stereocenters. The van der Waals surface area contributed by atoms with Gasteiger partial charge >= 0.3 is 35.5 Å². The Bertz CT molecular complexity index is 1760. The van der Waals surface area contributed by atoms with E-state index in [1.54, 1.807) is 7.05 Å². The molecule has 4 heterocycles. The summed E-state index contributed by atoms with van der Waals surface area (Å²) in [5.74, 6) is -5.55. The molecule has 0 bridgehead atoms. The zero-order valence-electron chi connectivity index (χ0n) is 33.4. The van der Waals surface area contributed by atoms with Crippen molar-refractivity contribution in [2.45, 2.75) is 90.2 Å². The molecule has 0 spiro atoms. The van der Waals surface area contributed by atoms with Crippen LogP contribution in [-0.2, 0) is 75.3 Å². The number of imide groups is 4. The molecule has 9 amide bonds. The molecule has 2 aliphatic carbocycles. The molecule has 6 rings (SSSR count). The predicted octanol–water partition coefficient (Wildman–Crippen LogP) is -3.26. The van der Waals surface area contributed by atoms with Gasteiger partial charge in [0.25, 0.3) is 47.3 Å². The van der Waals surface area contributed by atoms with Crippen molar-refractivity contribution in [3.8, 4) is 0 Å². The van der Waals surface area contributed by atoms with Gasteiger partial charge in [-0.3, -0.25) is 58.2 Å². The van der Waals surface area contributed by atoms with Crippen LogP contribution in [0.2, 0.25) is 0 Å². The average Bonchev–Trinajstić information content (AvgIpc) is 3.91. The van der Waals surface area contributed by atoms with Crippen molar-refractivity contribution >= 4 is 81.7 Å². The van der Waals surface area contributed by atoms with E-state index in [9.17, 15) is 60.9 Å². The third-order valence-electron chi connectivity index (χ3n) is 9.94. The summed E-state index contributed by atoms with van der Waals surface area (Å²) in [6.07, 6.45) is 9.71. The fraction of sp³-hybridized carbons (Fsp3) is 0.611. The van der Waals surface area contributed by atoms with Gasteiger partial charge in [0.05, 0.1) is 12.3 Å². The molecular weight excluding hydrogens is 858 g/mol. The molecule has 0 aromatic rings. The van der Waals surface area contributed by atoms with Crippen molar-refractivity contribution in [1.82, 2.24) is 25.2 Å². The summed E-state index contributed by atoms with van der Waals surface area (Å²) in [6, 6.07) is 0. The van der Waals surface area contributed by atoms with Crippen LogP contribution in [0.4, 0.5) is 0 Å². The molecule has 0 aromatic heterocycles. The normalized spacial score (nSPS) is 24.2. The van der Waals surface area contributed by atoms with Gasteiger partial charge in [-0.1, -0.05) is 14.4 Å². The molecular formula is C36H52N7NaO15S2. The number of carbonyl (C=O) groups excluding carboxylic acids is 10. The minimum Gasteiger partial charge on any atom is -0.747 e. The molecule has 334 valence electrons. The van der Waals surface area contributed by atoms with E-state index in [1.807, 2.05) is 6.92 Å². The van der Waals surface area contributed by atoms with E-state index in [1.165, 1.54) is 29.2 Å². The maximum atomic E-state index is 12.2. The maximum Gasteiger partial charge on any atom is 1.00 e. The van der Waals surface area contributed by atoms with Gasteiger partial charge in [0, 0.05) is 75.6 Å². The molecule has 22 nitrogen and oxygen atoms in total. The zero-order valence-corrected chi connectivity index (χ0v) is 37.1. The molecule has 2 saturated carbocycles. The van der Waals surface area contributed by atoms with Gasteiger partial charge in [0.1, 0.15) is 15.4 Å². The van der Waals surface area contributed by atoms with Gasteiger partial charge in [0.2, 0.25) is 5.91 Å². The fourth-order valence-electron chi connectivity index (χ4n) is 6.76. The quantitative estimate of drug-likeness (QED) is 0.0804. The number of carbonyl (C=O) groups is 10. The van der Waals surface area contributed by atoms with Crippen LogP contribution in [0, 0.1) is 28.5 Å². The van der Waals surface area contributed by atoms with Crippen molar-refractivity contribution in [3.63, 3.8) is 0 Å².